The van der Waals surface area contributed by atoms with Crippen LogP contribution < -0.4 is 5.43 Å². The first kappa shape index (κ1) is 9.43. The quantitative estimate of drug-likeness (QED) is 0.591. The molecule has 0 aromatic heterocycles. The van der Waals surface area contributed by atoms with Gasteiger partial charge in [0.2, 0.25) is 5.91 Å². The molecule has 60 valence electrons. The molecule has 3 nitrogen and oxygen atoms in total. The Morgan fingerprint density at radius 2 is 2.20 bits per heavy atom. The molecule has 0 unspecified atom stereocenters. The third-order valence-corrected chi connectivity index (χ3v) is 1.20. The highest BCUT2D eigenvalue weighted by Gasteiger charge is 1.96. The molecule has 0 rings (SSSR count). The van der Waals surface area contributed by atoms with Crippen LogP contribution in [0.25, 0.3) is 0 Å². The molecule has 0 aliphatic rings. The number of nitrogens with zero attached hydrogens (tertiary/aromatic N) is 1. The predicted molar refractivity (Wildman–Crippen MR) is 41.4 cm³/mol. The molecule has 0 saturated carbocycles. The summed E-state index contributed by atoms with van der Waals surface area (Å²) in [6.07, 6.45) is 2.28. The van der Waals surface area contributed by atoms with Gasteiger partial charge < -0.3 is 0 Å². The van der Waals surface area contributed by atoms with Crippen molar-refractivity contribution in [3.63, 3.8) is 0 Å². The molecule has 1 amide bonds. The van der Waals surface area contributed by atoms with Crippen molar-refractivity contribution in [2.24, 2.45) is 0 Å². The lowest BCUT2D eigenvalue weighted by atomic mass is 10.3. The van der Waals surface area contributed by atoms with E-state index in [4.69, 9.17) is 0 Å². The average molecular weight is 144 g/mol. The second-order valence-electron chi connectivity index (χ2n) is 2.44. The zero-order valence-electron chi connectivity index (χ0n) is 6.98. The lowest BCUT2D eigenvalue weighted by Crippen LogP contribution is -2.38. The van der Waals surface area contributed by atoms with Crippen LogP contribution in [0.3, 0.4) is 0 Å². The van der Waals surface area contributed by atoms with Crippen LogP contribution in [0.2, 0.25) is 0 Å². The number of hydrogen-bond donors (Lipinski definition) is 1. The van der Waals surface area contributed by atoms with Gasteiger partial charge in [0.15, 0.2) is 0 Å². The molecule has 0 atom stereocenters. The summed E-state index contributed by atoms with van der Waals surface area (Å²) in [5, 5.41) is 1.81. The fraction of sp³-hybridized carbons (Fsp3) is 0.857. The normalized spacial score (nSPS) is 10.0. The average Bonchev–Trinajstić information content (AvgIpc) is 1.82. The van der Waals surface area contributed by atoms with Gasteiger partial charge in [-0.2, -0.15) is 0 Å². The van der Waals surface area contributed by atoms with Crippen molar-refractivity contribution in [2.45, 2.75) is 26.7 Å². The minimum Gasteiger partial charge on any atom is -0.289 e. The molecular formula is C7H16N2O. The molecule has 0 aliphatic heterocycles. The molecule has 0 heterocycles. The Hall–Kier alpha value is -0.570. The van der Waals surface area contributed by atoms with E-state index in [1.54, 1.807) is 0 Å². The Morgan fingerprint density at radius 3 is 2.60 bits per heavy atom. The summed E-state index contributed by atoms with van der Waals surface area (Å²) in [6, 6.07) is 0. The number of hydrogen-bond acceptors (Lipinski definition) is 2. The third kappa shape index (κ3) is 5.56. The summed E-state index contributed by atoms with van der Waals surface area (Å²) < 4.78 is 0. The van der Waals surface area contributed by atoms with Crippen molar-refractivity contribution in [3.8, 4) is 0 Å². The summed E-state index contributed by atoms with van der Waals surface area (Å²) in [4.78, 5) is 10.5. The first-order valence-electron chi connectivity index (χ1n) is 3.65. The van der Waals surface area contributed by atoms with Crippen LogP contribution in [0.4, 0.5) is 0 Å². The van der Waals surface area contributed by atoms with Crippen LogP contribution in [0.15, 0.2) is 0 Å². The molecule has 0 spiro atoms. The number of amides is 1. The third-order valence-electron chi connectivity index (χ3n) is 1.20. The van der Waals surface area contributed by atoms with Crippen LogP contribution in [0.5, 0.6) is 0 Å². The van der Waals surface area contributed by atoms with Crippen LogP contribution in [-0.2, 0) is 4.79 Å². The zero-order chi connectivity index (χ0) is 7.98. The maximum atomic E-state index is 10.5. The highest BCUT2D eigenvalue weighted by Crippen LogP contribution is 1.87. The minimum absolute atomic E-state index is 0.00129. The van der Waals surface area contributed by atoms with E-state index < -0.39 is 0 Å². The Morgan fingerprint density at radius 1 is 1.60 bits per heavy atom. The van der Waals surface area contributed by atoms with E-state index in [0.717, 1.165) is 19.4 Å². The standard InChI is InChI=1S/C7H16N2O/c1-4-5-6-9(3)8-7(2)10/h4-6H2,1-3H3,(H,8,10). The summed E-state index contributed by atoms with van der Waals surface area (Å²) >= 11 is 0. The lowest BCUT2D eigenvalue weighted by molar-refractivity contribution is -0.123. The van der Waals surface area contributed by atoms with Crippen LogP contribution in [0.1, 0.15) is 26.7 Å². The molecule has 1 N–H and O–H groups in total. The smallest absolute Gasteiger partial charge is 0.231 e. The molecule has 0 bridgehead atoms. The number of rotatable bonds is 4. The SMILES string of the molecule is CCCCN(C)NC(C)=O. The molecule has 3 heteroatoms. The maximum Gasteiger partial charge on any atom is 0.231 e. The van der Waals surface area contributed by atoms with Gasteiger partial charge in [-0.15, -0.1) is 0 Å². The predicted octanol–water partition coefficient (Wildman–Crippen LogP) is 0.769. The largest absolute Gasteiger partial charge is 0.289 e. The van der Waals surface area contributed by atoms with Gasteiger partial charge in [-0.05, 0) is 6.42 Å². The summed E-state index contributed by atoms with van der Waals surface area (Å²) in [6.45, 7) is 4.57. The fourth-order valence-corrected chi connectivity index (χ4v) is 0.720. The van der Waals surface area contributed by atoms with Crippen molar-refractivity contribution in [1.82, 2.24) is 10.4 Å². The first-order chi connectivity index (χ1) is 4.66. The van der Waals surface area contributed by atoms with Crippen molar-refractivity contribution in [2.75, 3.05) is 13.6 Å². The van der Waals surface area contributed by atoms with E-state index in [9.17, 15) is 4.79 Å². The lowest BCUT2D eigenvalue weighted by Gasteiger charge is -2.15. The molecule has 10 heavy (non-hydrogen) atoms. The number of nitrogens with one attached hydrogen (secondary N) is 1. The van der Waals surface area contributed by atoms with E-state index in [2.05, 4.69) is 12.3 Å². The van der Waals surface area contributed by atoms with Crippen molar-refractivity contribution in [1.29, 1.82) is 0 Å². The van der Waals surface area contributed by atoms with E-state index in [-0.39, 0.29) is 5.91 Å². The van der Waals surface area contributed by atoms with Gasteiger partial charge in [-0.3, -0.25) is 10.2 Å². The molecule has 0 aromatic rings. The monoisotopic (exact) mass is 144 g/mol. The van der Waals surface area contributed by atoms with Gasteiger partial charge in [-0.1, -0.05) is 13.3 Å². The van der Waals surface area contributed by atoms with Gasteiger partial charge in [0.1, 0.15) is 0 Å². The first-order valence-corrected chi connectivity index (χ1v) is 3.65. The Labute approximate surface area is 62.4 Å². The molecule has 0 fully saturated rings. The topological polar surface area (TPSA) is 32.3 Å². The van der Waals surface area contributed by atoms with Gasteiger partial charge in [0.25, 0.3) is 0 Å². The zero-order valence-corrected chi connectivity index (χ0v) is 6.98. The molecule has 0 aromatic carbocycles. The molecule has 0 saturated heterocycles. The highest BCUT2D eigenvalue weighted by molar-refractivity contribution is 5.72. The molecule has 0 aliphatic carbocycles. The van der Waals surface area contributed by atoms with Crippen molar-refractivity contribution < 1.29 is 4.79 Å². The van der Waals surface area contributed by atoms with Gasteiger partial charge in [0.05, 0.1) is 0 Å². The van der Waals surface area contributed by atoms with E-state index in [1.807, 2.05) is 12.1 Å². The summed E-state index contributed by atoms with van der Waals surface area (Å²) in [7, 11) is 1.87. The summed E-state index contributed by atoms with van der Waals surface area (Å²) in [5.41, 5.74) is 2.67. The second-order valence-corrected chi connectivity index (χ2v) is 2.44. The Balaban J connectivity index is 3.25. The van der Waals surface area contributed by atoms with Crippen molar-refractivity contribution >= 4 is 5.91 Å². The highest BCUT2D eigenvalue weighted by atomic mass is 16.2. The molecule has 0 radical (unpaired) electrons. The van der Waals surface area contributed by atoms with Gasteiger partial charge in [0, 0.05) is 20.5 Å². The van der Waals surface area contributed by atoms with Crippen LogP contribution in [-0.4, -0.2) is 24.5 Å². The number of hydrazine groups is 1. The van der Waals surface area contributed by atoms with Gasteiger partial charge >= 0.3 is 0 Å². The van der Waals surface area contributed by atoms with Crippen LogP contribution >= 0.6 is 0 Å². The van der Waals surface area contributed by atoms with E-state index in [0.29, 0.717) is 0 Å². The Bertz CT molecular complexity index is 104. The maximum absolute atomic E-state index is 10.5. The second kappa shape index (κ2) is 5.23. The fourth-order valence-electron chi connectivity index (χ4n) is 0.720. The number of unbranched alkanes of at least 4 members (excludes halogenated alkanes) is 1. The molecular weight excluding hydrogens is 128 g/mol. The van der Waals surface area contributed by atoms with Crippen LogP contribution in [0, 0.1) is 0 Å². The number of carbonyl (C=O) groups excluding carboxylic acids is 1. The Kier molecular flexibility index (Phi) is 4.94. The van der Waals surface area contributed by atoms with E-state index >= 15 is 0 Å². The minimum atomic E-state index is -0.00129. The van der Waals surface area contributed by atoms with E-state index in [1.165, 1.54) is 6.92 Å². The van der Waals surface area contributed by atoms with Crippen molar-refractivity contribution in [3.05, 3.63) is 0 Å². The summed E-state index contributed by atoms with van der Waals surface area (Å²) in [5.74, 6) is -0.00129. The van der Waals surface area contributed by atoms with Gasteiger partial charge in [-0.25, -0.2) is 5.01 Å². The number of carbonyl (C=O) groups is 1.